The van der Waals surface area contributed by atoms with E-state index in [0.29, 0.717) is 33.9 Å². The number of carboxylic acids is 1. The van der Waals surface area contributed by atoms with Gasteiger partial charge in [-0.1, -0.05) is 11.6 Å². The predicted molar refractivity (Wildman–Crippen MR) is 97.6 cm³/mol. The monoisotopic (exact) mass is 431 g/mol. The number of fused-ring (bicyclic) bond motifs is 1. The standard InChI is InChI=1S/C18H13ClF3NO4S/c1-7-8(6-13(24)25)14-10(23-7)5-9(17(27-2)15(14)19)16(26)11-3-4-12(28-11)18(20,21)22/h3-4H,5-6H2,1-2H3,(H,24,25). The molecule has 1 aromatic heterocycles. The summed E-state index contributed by atoms with van der Waals surface area (Å²) in [6.45, 7) is 1.63. The highest BCUT2D eigenvalue weighted by Crippen LogP contribution is 2.43. The largest absolute Gasteiger partial charge is 0.495 e. The number of hydrogen-bond donors (Lipinski definition) is 1. The Morgan fingerprint density at radius 2 is 2.04 bits per heavy atom. The zero-order valence-corrected chi connectivity index (χ0v) is 16.2. The van der Waals surface area contributed by atoms with Crippen LogP contribution in [0.15, 0.2) is 50.3 Å². The average molecular weight is 432 g/mol. The lowest BCUT2D eigenvalue weighted by atomic mass is 9.88. The summed E-state index contributed by atoms with van der Waals surface area (Å²) in [5.74, 6) is -1.69. The molecule has 0 unspecified atom stereocenters. The summed E-state index contributed by atoms with van der Waals surface area (Å²) < 4.78 is 43.8. The Hall–Kier alpha value is -2.39. The van der Waals surface area contributed by atoms with Crippen molar-refractivity contribution in [3.8, 4) is 0 Å². The van der Waals surface area contributed by atoms with E-state index >= 15 is 0 Å². The summed E-state index contributed by atoms with van der Waals surface area (Å²) in [5, 5.41) is 9.13. The summed E-state index contributed by atoms with van der Waals surface area (Å²) in [7, 11) is 1.28. The Balaban J connectivity index is 2.05. The molecule has 0 spiro atoms. The summed E-state index contributed by atoms with van der Waals surface area (Å²) >= 11 is 6.73. The number of carboxylic acid groups (broad SMARTS) is 1. The molecule has 0 aromatic carbocycles. The van der Waals surface area contributed by atoms with Crippen LogP contribution in [0.3, 0.4) is 0 Å². The van der Waals surface area contributed by atoms with E-state index in [1.807, 2.05) is 0 Å². The van der Waals surface area contributed by atoms with Crippen LogP contribution >= 0.6 is 22.9 Å². The molecule has 0 amide bonds. The first-order chi connectivity index (χ1) is 13.0. The first-order valence-corrected chi connectivity index (χ1v) is 9.12. The molecule has 1 aliphatic carbocycles. The number of nitrogens with zero attached hydrogens (tertiary/aromatic N) is 1. The highest BCUT2D eigenvalue weighted by Gasteiger charge is 2.37. The fraction of sp³-hybridized carbons (Fsp3) is 0.278. The first kappa shape index (κ1) is 20.3. The van der Waals surface area contributed by atoms with Crippen LogP contribution < -0.4 is 0 Å². The normalized spacial score (nSPS) is 17.1. The minimum absolute atomic E-state index is 0.0140. The Morgan fingerprint density at radius 1 is 1.36 bits per heavy atom. The average Bonchev–Trinajstić information content (AvgIpc) is 3.19. The van der Waals surface area contributed by atoms with Crippen LogP contribution in [0.1, 0.15) is 34.3 Å². The van der Waals surface area contributed by atoms with Crippen molar-refractivity contribution >= 4 is 40.4 Å². The van der Waals surface area contributed by atoms with E-state index in [9.17, 15) is 22.8 Å². The summed E-state index contributed by atoms with van der Waals surface area (Å²) in [4.78, 5) is 27.3. The number of aliphatic imine (C=N–C) groups is 1. The van der Waals surface area contributed by atoms with Gasteiger partial charge in [-0.05, 0) is 24.6 Å². The van der Waals surface area contributed by atoms with Crippen molar-refractivity contribution in [3.63, 3.8) is 0 Å². The van der Waals surface area contributed by atoms with Crippen molar-refractivity contribution in [1.82, 2.24) is 0 Å². The molecule has 0 fully saturated rings. The fourth-order valence-corrected chi connectivity index (χ4v) is 4.34. The lowest BCUT2D eigenvalue weighted by molar-refractivity contribution is -0.136. The van der Waals surface area contributed by atoms with Crippen LogP contribution in [-0.2, 0) is 15.7 Å². The van der Waals surface area contributed by atoms with Crippen molar-refractivity contribution < 1.29 is 32.6 Å². The molecule has 10 heteroatoms. The number of Topliss-reactive ketones (excluding diaryl/α,β-unsaturated/α-hetero) is 1. The second-order valence-electron chi connectivity index (χ2n) is 6.06. The molecular formula is C18H13ClF3NO4S. The zero-order valence-electron chi connectivity index (χ0n) is 14.6. The maximum absolute atomic E-state index is 12.8. The van der Waals surface area contributed by atoms with Gasteiger partial charge in [-0.15, -0.1) is 11.3 Å². The first-order valence-electron chi connectivity index (χ1n) is 7.93. The quantitative estimate of drug-likeness (QED) is 0.669. The third kappa shape index (κ3) is 3.51. The van der Waals surface area contributed by atoms with Crippen molar-refractivity contribution in [3.05, 3.63) is 55.1 Å². The van der Waals surface area contributed by atoms with Crippen LogP contribution in [-0.4, -0.2) is 29.7 Å². The highest BCUT2D eigenvalue weighted by molar-refractivity contribution is 7.14. The van der Waals surface area contributed by atoms with E-state index in [0.717, 1.165) is 12.1 Å². The molecule has 0 radical (unpaired) electrons. The van der Waals surface area contributed by atoms with Gasteiger partial charge in [-0.25, -0.2) is 0 Å². The number of carbonyl (C=O) groups is 2. The van der Waals surface area contributed by atoms with E-state index in [1.54, 1.807) is 6.92 Å². The summed E-state index contributed by atoms with van der Waals surface area (Å²) in [5.41, 5.74) is 1.76. The van der Waals surface area contributed by atoms with Crippen molar-refractivity contribution in [2.45, 2.75) is 25.9 Å². The van der Waals surface area contributed by atoms with Gasteiger partial charge in [0.15, 0.2) is 0 Å². The Kier molecular flexibility index (Phi) is 5.24. The van der Waals surface area contributed by atoms with Gasteiger partial charge in [-0.3, -0.25) is 14.6 Å². The predicted octanol–water partition coefficient (Wildman–Crippen LogP) is 4.95. The van der Waals surface area contributed by atoms with Crippen LogP contribution in [0.5, 0.6) is 0 Å². The molecule has 1 N–H and O–H groups in total. The third-order valence-corrected chi connectivity index (χ3v) is 5.77. The molecule has 0 bridgehead atoms. The van der Waals surface area contributed by atoms with E-state index in [2.05, 4.69) is 4.99 Å². The molecular weight excluding hydrogens is 419 g/mol. The van der Waals surface area contributed by atoms with E-state index in [1.165, 1.54) is 7.11 Å². The summed E-state index contributed by atoms with van der Waals surface area (Å²) in [6.07, 6.45) is -4.86. The molecule has 28 heavy (non-hydrogen) atoms. The van der Waals surface area contributed by atoms with E-state index < -0.39 is 22.8 Å². The number of ether oxygens (including phenoxy) is 1. The Morgan fingerprint density at radius 3 is 2.57 bits per heavy atom. The molecule has 2 aliphatic rings. The van der Waals surface area contributed by atoms with Gasteiger partial charge >= 0.3 is 12.1 Å². The Labute approximate surface area is 166 Å². The third-order valence-electron chi connectivity index (χ3n) is 4.28. The van der Waals surface area contributed by atoms with Gasteiger partial charge < -0.3 is 9.84 Å². The maximum Gasteiger partial charge on any atom is 0.425 e. The maximum atomic E-state index is 12.8. The highest BCUT2D eigenvalue weighted by atomic mass is 35.5. The number of allylic oxidation sites excluding steroid dienone is 4. The van der Waals surface area contributed by atoms with Gasteiger partial charge in [0.1, 0.15) is 10.6 Å². The van der Waals surface area contributed by atoms with Crippen molar-refractivity contribution in [2.24, 2.45) is 4.99 Å². The molecule has 0 atom stereocenters. The molecule has 0 saturated carbocycles. The van der Waals surface area contributed by atoms with E-state index in [4.69, 9.17) is 21.4 Å². The van der Waals surface area contributed by atoms with Crippen LogP contribution in [0.2, 0.25) is 0 Å². The number of methoxy groups -OCH3 is 1. The van der Waals surface area contributed by atoms with Gasteiger partial charge in [0.25, 0.3) is 0 Å². The Bertz CT molecular complexity index is 1010. The number of halogens is 4. The van der Waals surface area contributed by atoms with E-state index in [-0.39, 0.29) is 34.1 Å². The second-order valence-corrected chi connectivity index (χ2v) is 7.52. The molecule has 5 nitrogen and oxygen atoms in total. The van der Waals surface area contributed by atoms with Crippen LogP contribution in [0.4, 0.5) is 13.2 Å². The zero-order chi connectivity index (χ0) is 20.8. The van der Waals surface area contributed by atoms with Gasteiger partial charge in [0, 0.05) is 17.7 Å². The number of aliphatic carboxylic acids is 1. The number of ketones is 1. The molecule has 2 heterocycles. The van der Waals surface area contributed by atoms with Crippen molar-refractivity contribution in [2.75, 3.05) is 7.11 Å². The van der Waals surface area contributed by atoms with Gasteiger partial charge in [0.2, 0.25) is 5.78 Å². The molecule has 0 saturated heterocycles. The topological polar surface area (TPSA) is 76.0 Å². The number of rotatable bonds is 5. The minimum Gasteiger partial charge on any atom is -0.495 e. The fourth-order valence-electron chi connectivity index (χ4n) is 3.09. The SMILES string of the molecule is COC1=C(C(=O)c2ccc(C(F)(F)F)s2)CC2=NC(C)=C(CC(=O)O)C2=C1Cl. The molecule has 3 rings (SSSR count). The number of carbonyl (C=O) groups excluding carboxylic acids is 1. The lowest BCUT2D eigenvalue weighted by Crippen LogP contribution is -2.19. The molecule has 1 aromatic rings. The van der Waals surface area contributed by atoms with Gasteiger partial charge in [0.05, 0.1) is 34.7 Å². The minimum atomic E-state index is -4.54. The van der Waals surface area contributed by atoms with Crippen LogP contribution in [0.25, 0.3) is 0 Å². The smallest absolute Gasteiger partial charge is 0.425 e. The number of thiophene rings is 1. The van der Waals surface area contributed by atoms with Crippen molar-refractivity contribution in [1.29, 1.82) is 0 Å². The number of alkyl halides is 3. The molecule has 1 aliphatic heterocycles. The van der Waals surface area contributed by atoms with Gasteiger partial charge in [-0.2, -0.15) is 13.2 Å². The number of hydrogen-bond acceptors (Lipinski definition) is 5. The molecule has 148 valence electrons. The lowest BCUT2D eigenvalue weighted by Gasteiger charge is -2.21. The summed E-state index contributed by atoms with van der Waals surface area (Å²) in [6, 6.07) is 1.96. The second kappa shape index (κ2) is 7.21. The van der Waals surface area contributed by atoms with Crippen LogP contribution in [0, 0.1) is 0 Å².